The number of rotatable bonds is 32. The third kappa shape index (κ3) is 23.9. The Balaban J connectivity index is 1.16. The first-order chi connectivity index (χ1) is 23.3. The lowest BCUT2D eigenvalue weighted by molar-refractivity contribution is -0.0266. The number of carbonyl (C=O) groups is 2. The van der Waals surface area contributed by atoms with Crippen LogP contribution in [0.15, 0.2) is 60.7 Å². The summed E-state index contributed by atoms with van der Waals surface area (Å²) in [5, 5.41) is 0. The van der Waals surface area contributed by atoms with E-state index < -0.39 is 0 Å². The Hall–Kier alpha value is -2.98. The highest BCUT2D eigenvalue weighted by Crippen LogP contribution is 2.01. The average Bonchev–Trinajstić information content (AvgIpc) is 3.11. The number of hydrogen-bond acceptors (Lipinski definition) is 13. The molecule has 0 bridgehead atoms. The molecule has 0 aliphatic heterocycles. The molecular weight excluding hydrogens is 616 g/mol. The van der Waals surface area contributed by atoms with Crippen LogP contribution in [-0.4, -0.2) is 144 Å². The van der Waals surface area contributed by atoms with E-state index in [1.54, 1.807) is 48.5 Å². The lowest BCUT2D eigenvalue weighted by Crippen LogP contribution is -2.16. The summed E-state index contributed by atoms with van der Waals surface area (Å²) in [5.41, 5.74) is 1.04. The molecule has 0 fully saturated rings. The second kappa shape index (κ2) is 30.4. The van der Waals surface area contributed by atoms with Crippen LogP contribution in [0.3, 0.4) is 0 Å². The third-order valence-corrected chi connectivity index (χ3v) is 5.92. The van der Waals surface area contributed by atoms with Gasteiger partial charge in [-0.05, 0) is 24.3 Å². The van der Waals surface area contributed by atoms with Crippen LogP contribution >= 0.6 is 0 Å². The first-order valence-corrected chi connectivity index (χ1v) is 15.9. The Morgan fingerprint density at radius 2 is 0.489 bits per heavy atom. The highest BCUT2D eigenvalue weighted by molar-refractivity contribution is 5.89. The van der Waals surface area contributed by atoms with Crippen molar-refractivity contribution in [1.82, 2.24) is 0 Å². The standard InChI is InChI=1S/C34H50O13/c35-33(31-7-3-1-4-8-31)46-29-27-44-25-23-42-21-19-40-17-15-38-13-11-37-12-14-39-16-18-41-20-22-43-24-26-45-28-30-47-34(36)32-9-5-2-6-10-32/h1-10H,11-30H2. The number of esters is 2. The van der Waals surface area contributed by atoms with Gasteiger partial charge in [0.2, 0.25) is 0 Å². The summed E-state index contributed by atoms with van der Waals surface area (Å²) in [6.07, 6.45) is 0. The maximum atomic E-state index is 11.8. The lowest BCUT2D eigenvalue weighted by atomic mass is 10.2. The van der Waals surface area contributed by atoms with Crippen LogP contribution in [0.1, 0.15) is 20.7 Å². The van der Waals surface area contributed by atoms with Crippen LogP contribution in [0, 0.1) is 0 Å². The van der Waals surface area contributed by atoms with E-state index in [-0.39, 0.29) is 25.2 Å². The van der Waals surface area contributed by atoms with Crippen LogP contribution in [0.5, 0.6) is 0 Å². The van der Waals surface area contributed by atoms with Gasteiger partial charge in [0.05, 0.1) is 130 Å². The summed E-state index contributed by atoms with van der Waals surface area (Å²) >= 11 is 0. The Bertz CT molecular complexity index is 915. The molecule has 2 rings (SSSR count). The molecule has 13 heteroatoms. The van der Waals surface area contributed by atoms with Crippen molar-refractivity contribution in [3.05, 3.63) is 71.8 Å². The van der Waals surface area contributed by atoms with Crippen molar-refractivity contribution in [2.75, 3.05) is 132 Å². The molecule has 0 amide bonds. The van der Waals surface area contributed by atoms with Crippen molar-refractivity contribution < 1.29 is 61.7 Å². The molecule has 0 aliphatic rings. The normalized spacial score (nSPS) is 11.1. The van der Waals surface area contributed by atoms with Crippen molar-refractivity contribution in [3.8, 4) is 0 Å². The van der Waals surface area contributed by atoms with Crippen LogP contribution in [0.4, 0.5) is 0 Å². The number of carbonyl (C=O) groups excluding carboxylic acids is 2. The molecule has 0 spiro atoms. The predicted octanol–water partition coefficient (Wildman–Crippen LogP) is 2.85. The van der Waals surface area contributed by atoms with Gasteiger partial charge < -0.3 is 52.1 Å². The minimum absolute atomic E-state index is 0.197. The van der Waals surface area contributed by atoms with Crippen LogP contribution < -0.4 is 0 Å². The van der Waals surface area contributed by atoms with Gasteiger partial charge in [0.25, 0.3) is 0 Å². The summed E-state index contributed by atoms with van der Waals surface area (Å²) in [4.78, 5) is 23.6. The summed E-state index contributed by atoms with van der Waals surface area (Å²) in [6.45, 7) is 8.41. The predicted molar refractivity (Wildman–Crippen MR) is 171 cm³/mol. The fourth-order valence-electron chi connectivity index (χ4n) is 3.56. The molecule has 47 heavy (non-hydrogen) atoms. The van der Waals surface area contributed by atoms with E-state index in [9.17, 15) is 9.59 Å². The summed E-state index contributed by atoms with van der Waals surface area (Å²) in [5.74, 6) is -0.721. The number of benzene rings is 2. The smallest absolute Gasteiger partial charge is 0.338 e. The molecule has 0 aromatic heterocycles. The first-order valence-electron chi connectivity index (χ1n) is 15.9. The molecule has 2 aromatic carbocycles. The van der Waals surface area contributed by atoms with E-state index in [1.807, 2.05) is 12.1 Å². The van der Waals surface area contributed by atoms with Gasteiger partial charge in [-0.3, -0.25) is 0 Å². The number of hydrogen-bond donors (Lipinski definition) is 0. The summed E-state index contributed by atoms with van der Waals surface area (Å²) < 4.78 is 59.2. The van der Waals surface area contributed by atoms with Gasteiger partial charge in [-0.25, -0.2) is 9.59 Å². The molecule has 0 saturated carbocycles. The SMILES string of the molecule is O=C(OCCOCCOCCOCCOCCOCCOCCOCCOCCOCCOC(=O)c1ccccc1)c1ccccc1. The van der Waals surface area contributed by atoms with Crippen molar-refractivity contribution in [2.24, 2.45) is 0 Å². The second-order valence-corrected chi connectivity index (χ2v) is 9.52. The minimum Gasteiger partial charge on any atom is -0.460 e. The van der Waals surface area contributed by atoms with Gasteiger partial charge in [0.1, 0.15) is 13.2 Å². The van der Waals surface area contributed by atoms with Crippen molar-refractivity contribution in [1.29, 1.82) is 0 Å². The summed E-state index contributed by atoms with van der Waals surface area (Å²) in [7, 11) is 0. The molecule has 13 nitrogen and oxygen atoms in total. The molecule has 0 N–H and O–H groups in total. The quantitative estimate of drug-likeness (QED) is 0.0837. The van der Waals surface area contributed by atoms with Crippen molar-refractivity contribution in [2.45, 2.75) is 0 Å². The zero-order valence-corrected chi connectivity index (χ0v) is 27.2. The topological polar surface area (TPSA) is 136 Å². The van der Waals surface area contributed by atoms with Crippen LogP contribution in [0.25, 0.3) is 0 Å². The van der Waals surface area contributed by atoms with Gasteiger partial charge in [-0.1, -0.05) is 36.4 Å². The Kier molecular flexibility index (Phi) is 26.0. The highest BCUT2D eigenvalue weighted by Gasteiger charge is 2.06. The summed E-state index contributed by atoms with van der Waals surface area (Å²) in [6, 6.07) is 17.7. The fourth-order valence-corrected chi connectivity index (χ4v) is 3.56. The van der Waals surface area contributed by atoms with Crippen LogP contribution in [-0.2, 0) is 52.1 Å². The molecule has 0 radical (unpaired) electrons. The maximum absolute atomic E-state index is 11.8. The van der Waals surface area contributed by atoms with Gasteiger partial charge in [0.15, 0.2) is 0 Å². The Morgan fingerprint density at radius 1 is 0.298 bits per heavy atom. The molecule has 0 atom stereocenters. The molecule has 0 heterocycles. The van der Waals surface area contributed by atoms with E-state index in [4.69, 9.17) is 52.1 Å². The zero-order valence-electron chi connectivity index (χ0n) is 27.2. The molecule has 264 valence electrons. The first kappa shape index (κ1) is 40.2. The number of ether oxygens (including phenoxy) is 11. The third-order valence-electron chi connectivity index (χ3n) is 5.92. The Morgan fingerprint density at radius 3 is 0.702 bits per heavy atom. The molecular formula is C34H50O13. The molecule has 0 unspecified atom stereocenters. The second-order valence-electron chi connectivity index (χ2n) is 9.52. The van der Waals surface area contributed by atoms with Crippen molar-refractivity contribution >= 4 is 11.9 Å². The Labute approximate surface area is 277 Å². The van der Waals surface area contributed by atoms with Gasteiger partial charge in [0, 0.05) is 0 Å². The van der Waals surface area contributed by atoms with Gasteiger partial charge in [-0.15, -0.1) is 0 Å². The largest absolute Gasteiger partial charge is 0.460 e. The molecule has 2 aromatic rings. The van der Waals surface area contributed by atoms with E-state index in [0.717, 1.165) is 0 Å². The lowest BCUT2D eigenvalue weighted by Gasteiger charge is -2.09. The van der Waals surface area contributed by atoms with Gasteiger partial charge >= 0.3 is 11.9 Å². The van der Waals surface area contributed by atoms with E-state index in [2.05, 4.69) is 0 Å². The maximum Gasteiger partial charge on any atom is 0.338 e. The zero-order chi connectivity index (χ0) is 33.3. The minimum atomic E-state index is -0.360. The average molecular weight is 667 g/mol. The molecule has 0 aliphatic carbocycles. The van der Waals surface area contributed by atoms with E-state index >= 15 is 0 Å². The van der Waals surface area contributed by atoms with E-state index in [0.29, 0.717) is 130 Å². The van der Waals surface area contributed by atoms with E-state index in [1.165, 1.54) is 0 Å². The van der Waals surface area contributed by atoms with Gasteiger partial charge in [-0.2, -0.15) is 0 Å². The van der Waals surface area contributed by atoms with Crippen LogP contribution in [0.2, 0.25) is 0 Å². The molecule has 0 saturated heterocycles. The fraction of sp³-hybridized carbons (Fsp3) is 0.588. The monoisotopic (exact) mass is 666 g/mol. The van der Waals surface area contributed by atoms with Crippen molar-refractivity contribution in [3.63, 3.8) is 0 Å². The highest BCUT2D eigenvalue weighted by atomic mass is 16.6.